The van der Waals surface area contributed by atoms with Gasteiger partial charge in [0.05, 0.1) is 25.9 Å². The molecule has 5 heteroatoms. The van der Waals surface area contributed by atoms with Crippen LogP contribution in [0, 0.1) is 17.3 Å². The van der Waals surface area contributed by atoms with Crippen LogP contribution >= 0.6 is 21.6 Å². The summed E-state index contributed by atoms with van der Waals surface area (Å²) in [5.41, 5.74) is 2.21. The van der Waals surface area contributed by atoms with Gasteiger partial charge in [-0.1, -0.05) is 53.0 Å². The topological polar surface area (TPSA) is 27.7 Å². The molecule has 1 saturated heterocycles. The summed E-state index contributed by atoms with van der Waals surface area (Å²) in [6, 6.07) is 0. The highest BCUT2D eigenvalue weighted by molar-refractivity contribution is 8.77. The third kappa shape index (κ3) is 6.65. The van der Waals surface area contributed by atoms with Gasteiger partial charge in [0.2, 0.25) is 0 Å². The quantitative estimate of drug-likeness (QED) is 0.218. The standard InChI is InChI=1S/C24H42O3S2/c1-17(2)27-22-16-25-15-21(22)26-10-11-28-29-23(5,6)19(4)12-20-14-24(20)9-7-8-18(3)13-24/h12,17-18,20-22H,7-11,13-16H2,1-6H3/b19-12+. The van der Waals surface area contributed by atoms with E-state index in [2.05, 4.69) is 47.6 Å². The minimum absolute atomic E-state index is 0.0848. The van der Waals surface area contributed by atoms with Crippen LogP contribution in [0.1, 0.15) is 73.6 Å². The van der Waals surface area contributed by atoms with Gasteiger partial charge in [0.1, 0.15) is 12.2 Å². The zero-order valence-corrected chi connectivity index (χ0v) is 21.0. The van der Waals surface area contributed by atoms with E-state index in [0.717, 1.165) is 24.2 Å². The molecule has 3 nitrogen and oxygen atoms in total. The molecule has 1 spiro atoms. The van der Waals surface area contributed by atoms with Crippen molar-refractivity contribution in [3.05, 3.63) is 11.6 Å². The largest absolute Gasteiger partial charge is 0.376 e. The van der Waals surface area contributed by atoms with Crippen molar-refractivity contribution >= 4 is 21.6 Å². The Morgan fingerprint density at radius 3 is 2.72 bits per heavy atom. The smallest absolute Gasteiger partial charge is 0.110 e. The Morgan fingerprint density at radius 2 is 2.00 bits per heavy atom. The summed E-state index contributed by atoms with van der Waals surface area (Å²) in [5.74, 6) is 2.76. The molecule has 0 radical (unpaired) electrons. The fourth-order valence-corrected chi connectivity index (χ4v) is 7.45. The molecule has 0 N–H and O–H groups in total. The number of allylic oxidation sites excluding steroid dienone is 1. The lowest BCUT2D eigenvalue weighted by Crippen LogP contribution is -2.32. The second kappa shape index (κ2) is 10.3. The average Bonchev–Trinajstić information content (AvgIpc) is 3.07. The Morgan fingerprint density at radius 1 is 1.24 bits per heavy atom. The number of hydrogen-bond donors (Lipinski definition) is 0. The molecule has 29 heavy (non-hydrogen) atoms. The first kappa shape index (κ1) is 24.0. The molecule has 3 fully saturated rings. The van der Waals surface area contributed by atoms with E-state index in [1.165, 1.54) is 32.1 Å². The molecule has 0 aromatic heterocycles. The van der Waals surface area contributed by atoms with Gasteiger partial charge < -0.3 is 14.2 Å². The molecule has 0 aromatic carbocycles. The van der Waals surface area contributed by atoms with Crippen LogP contribution in [0.3, 0.4) is 0 Å². The average molecular weight is 443 g/mol. The molecule has 2 saturated carbocycles. The summed E-state index contributed by atoms with van der Waals surface area (Å²) in [6.07, 6.45) is 10.2. The molecular weight excluding hydrogens is 400 g/mol. The van der Waals surface area contributed by atoms with E-state index >= 15 is 0 Å². The Hall–Kier alpha value is 0.320. The SMILES string of the molecule is C/C(=C\C1CC12CCCC(C)C2)C(C)(C)SSCCOC1COCC1OC(C)C. The number of hydrogen-bond acceptors (Lipinski definition) is 5. The third-order valence-electron chi connectivity index (χ3n) is 6.97. The van der Waals surface area contributed by atoms with Crippen LogP contribution in [0.15, 0.2) is 11.6 Å². The first-order chi connectivity index (χ1) is 13.7. The molecule has 3 aliphatic rings. The van der Waals surface area contributed by atoms with E-state index in [-0.39, 0.29) is 23.1 Å². The van der Waals surface area contributed by atoms with Gasteiger partial charge in [0.15, 0.2) is 0 Å². The van der Waals surface area contributed by atoms with Crippen molar-refractivity contribution < 1.29 is 14.2 Å². The maximum atomic E-state index is 6.05. The normalized spacial score (nSPS) is 35.6. The Balaban J connectivity index is 1.36. The number of ether oxygens (including phenoxy) is 3. The lowest BCUT2D eigenvalue weighted by Gasteiger charge is -2.28. The van der Waals surface area contributed by atoms with Crippen molar-refractivity contribution in [3.8, 4) is 0 Å². The Labute approximate surface area is 186 Å². The van der Waals surface area contributed by atoms with Gasteiger partial charge in [0.25, 0.3) is 0 Å². The molecule has 0 aromatic rings. The zero-order valence-electron chi connectivity index (χ0n) is 19.4. The molecule has 1 aliphatic heterocycles. The molecule has 5 unspecified atom stereocenters. The van der Waals surface area contributed by atoms with Gasteiger partial charge in [-0.15, -0.1) is 0 Å². The van der Waals surface area contributed by atoms with Crippen LogP contribution < -0.4 is 0 Å². The molecule has 1 heterocycles. The van der Waals surface area contributed by atoms with Crippen molar-refractivity contribution in [2.24, 2.45) is 17.3 Å². The molecule has 0 amide bonds. The highest BCUT2D eigenvalue weighted by Gasteiger charge is 2.53. The molecule has 168 valence electrons. The Kier molecular flexibility index (Phi) is 8.51. The molecule has 2 aliphatic carbocycles. The van der Waals surface area contributed by atoms with Crippen LogP contribution in [-0.4, -0.2) is 48.6 Å². The van der Waals surface area contributed by atoms with Crippen molar-refractivity contribution in [2.45, 2.75) is 96.7 Å². The summed E-state index contributed by atoms with van der Waals surface area (Å²) in [6.45, 7) is 15.7. The van der Waals surface area contributed by atoms with Crippen LogP contribution in [0.5, 0.6) is 0 Å². The first-order valence-electron chi connectivity index (χ1n) is 11.6. The third-order valence-corrected chi connectivity index (χ3v) is 10.3. The maximum absolute atomic E-state index is 6.05. The molecule has 5 atom stereocenters. The predicted octanol–water partition coefficient (Wildman–Crippen LogP) is 6.52. The van der Waals surface area contributed by atoms with Crippen molar-refractivity contribution in [1.82, 2.24) is 0 Å². The van der Waals surface area contributed by atoms with Gasteiger partial charge in [-0.3, -0.25) is 0 Å². The van der Waals surface area contributed by atoms with Crippen molar-refractivity contribution in [2.75, 3.05) is 25.6 Å². The maximum Gasteiger partial charge on any atom is 0.110 e. The van der Waals surface area contributed by atoms with Gasteiger partial charge >= 0.3 is 0 Å². The summed E-state index contributed by atoms with van der Waals surface area (Å²) in [7, 11) is 3.92. The van der Waals surface area contributed by atoms with Gasteiger partial charge in [-0.05, 0) is 71.1 Å². The second-order valence-electron chi connectivity index (χ2n) is 10.3. The monoisotopic (exact) mass is 442 g/mol. The van der Waals surface area contributed by atoms with E-state index in [1.807, 2.05) is 21.6 Å². The zero-order chi connectivity index (χ0) is 21.1. The van der Waals surface area contributed by atoms with E-state index < -0.39 is 0 Å². The van der Waals surface area contributed by atoms with Crippen LogP contribution in [0.25, 0.3) is 0 Å². The molecule has 0 bridgehead atoms. The van der Waals surface area contributed by atoms with Gasteiger partial charge in [-0.2, -0.15) is 0 Å². The molecular formula is C24H42O3S2. The van der Waals surface area contributed by atoms with Crippen LogP contribution in [0.2, 0.25) is 0 Å². The lowest BCUT2D eigenvalue weighted by atomic mass is 9.78. The van der Waals surface area contributed by atoms with E-state index in [1.54, 1.807) is 5.57 Å². The molecule has 3 rings (SSSR count). The van der Waals surface area contributed by atoms with Crippen molar-refractivity contribution in [1.29, 1.82) is 0 Å². The summed E-state index contributed by atoms with van der Waals surface area (Å²) in [4.78, 5) is 0. The van der Waals surface area contributed by atoms with E-state index in [0.29, 0.717) is 18.6 Å². The van der Waals surface area contributed by atoms with Crippen LogP contribution in [-0.2, 0) is 14.2 Å². The fourth-order valence-electron chi connectivity index (χ4n) is 4.98. The van der Waals surface area contributed by atoms with Gasteiger partial charge in [0, 0.05) is 10.5 Å². The summed E-state index contributed by atoms with van der Waals surface area (Å²) >= 11 is 0. The fraction of sp³-hybridized carbons (Fsp3) is 0.917. The predicted molar refractivity (Wildman–Crippen MR) is 127 cm³/mol. The Bertz CT molecular complexity index is 562. The summed E-state index contributed by atoms with van der Waals surface area (Å²) < 4.78 is 17.7. The highest BCUT2D eigenvalue weighted by atomic mass is 33.1. The lowest BCUT2D eigenvalue weighted by molar-refractivity contribution is -0.0650. The first-order valence-corrected chi connectivity index (χ1v) is 13.9. The minimum atomic E-state index is 0.0848. The second-order valence-corrected chi connectivity index (χ2v) is 13.3. The minimum Gasteiger partial charge on any atom is -0.376 e. The number of rotatable bonds is 10. The highest BCUT2D eigenvalue weighted by Crippen LogP contribution is 2.63. The van der Waals surface area contributed by atoms with E-state index in [4.69, 9.17) is 14.2 Å². The van der Waals surface area contributed by atoms with Gasteiger partial charge in [-0.25, -0.2) is 0 Å². The van der Waals surface area contributed by atoms with E-state index in [9.17, 15) is 0 Å². The van der Waals surface area contributed by atoms with Crippen LogP contribution in [0.4, 0.5) is 0 Å². The summed E-state index contributed by atoms with van der Waals surface area (Å²) in [5, 5.41) is 0. The van der Waals surface area contributed by atoms with Crippen molar-refractivity contribution in [3.63, 3.8) is 0 Å².